The number of hydrogen-bond acceptors (Lipinski definition) is 1. The normalized spacial score (nSPS) is 13.1. The molecule has 0 atom stereocenters. The van der Waals surface area contributed by atoms with Crippen LogP contribution in [0.15, 0.2) is 170 Å². The van der Waals surface area contributed by atoms with Crippen molar-refractivity contribution in [3.05, 3.63) is 192 Å². The summed E-state index contributed by atoms with van der Waals surface area (Å²) in [5, 5.41) is 5.13. The van der Waals surface area contributed by atoms with Crippen LogP contribution >= 0.6 is 0 Å². The quantitative estimate of drug-likeness (QED) is 0.176. The lowest BCUT2D eigenvalue weighted by Gasteiger charge is -2.30. The SMILES string of the molecule is Cc1ccc2c(c1)c1cc(C)ccc1n2-c1ccc2c(c1)C(C)(C)c1cc(N(c3ccccc3)c3ccc(-c4ccccc4)cc3)c3ccccc3c1-2. The molecule has 0 aliphatic heterocycles. The Hall–Kier alpha value is -6.38. The third-order valence-electron chi connectivity index (χ3n) is 11.5. The van der Waals surface area contributed by atoms with Gasteiger partial charge in [-0.25, -0.2) is 0 Å². The summed E-state index contributed by atoms with van der Waals surface area (Å²) in [5.41, 5.74) is 17.3. The van der Waals surface area contributed by atoms with Gasteiger partial charge in [0, 0.05) is 38.6 Å². The molecule has 0 amide bonds. The second-order valence-corrected chi connectivity index (χ2v) is 15.2. The zero-order valence-electron chi connectivity index (χ0n) is 30.6. The molecule has 10 rings (SSSR count). The maximum atomic E-state index is 2.47. The molecule has 0 radical (unpaired) electrons. The lowest BCUT2D eigenvalue weighted by atomic mass is 9.81. The smallest absolute Gasteiger partial charge is 0.0543 e. The number of anilines is 3. The van der Waals surface area contributed by atoms with Crippen molar-refractivity contribution < 1.29 is 0 Å². The zero-order chi connectivity index (χ0) is 35.8. The van der Waals surface area contributed by atoms with Crippen molar-refractivity contribution in [1.29, 1.82) is 0 Å². The number of fused-ring (bicyclic) bond motifs is 8. The maximum Gasteiger partial charge on any atom is 0.0543 e. The Kier molecular flexibility index (Phi) is 7.00. The van der Waals surface area contributed by atoms with E-state index in [9.17, 15) is 0 Å². The minimum Gasteiger partial charge on any atom is -0.310 e. The van der Waals surface area contributed by atoms with Crippen LogP contribution in [0.1, 0.15) is 36.1 Å². The highest BCUT2D eigenvalue weighted by atomic mass is 15.1. The van der Waals surface area contributed by atoms with Crippen LogP contribution in [0.4, 0.5) is 17.1 Å². The molecule has 1 aromatic heterocycles. The van der Waals surface area contributed by atoms with Gasteiger partial charge >= 0.3 is 0 Å². The Morgan fingerprint density at radius 3 is 1.68 bits per heavy atom. The molecule has 53 heavy (non-hydrogen) atoms. The van der Waals surface area contributed by atoms with Crippen molar-refractivity contribution in [2.24, 2.45) is 0 Å². The summed E-state index contributed by atoms with van der Waals surface area (Å²) >= 11 is 0. The minimum absolute atomic E-state index is 0.231. The first kappa shape index (κ1) is 31.4. The summed E-state index contributed by atoms with van der Waals surface area (Å²) < 4.78 is 2.46. The van der Waals surface area contributed by atoms with E-state index in [2.05, 4.69) is 207 Å². The van der Waals surface area contributed by atoms with Crippen LogP contribution in [0.25, 0.3) is 60.5 Å². The number of para-hydroxylation sites is 1. The molecule has 8 aromatic carbocycles. The van der Waals surface area contributed by atoms with E-state index in [1.807, 2.05) is 0 Å². The fourth-order valence-corrected chi connectivity index (χ4v) is 8.84. The fourth-order valence-electron chi connectivity index (χ4n) is 8.84. The summed E-state index contributed by atoms with van der Waals surface area (Å²) in [7, 11) is 0. The summed E-state index contributed by atoms with van der Waals surface area (Å²) in [4.78, 5) is 2.43. The van der Waals surface area contributed by atoms with Gasteiger partial charge in [0.05, 0.1) is 16.7 Å². The first-order valence-corrected chi connectivity index (χ1v) is 18.6. The van der Waals surface area contributed by atoms with Gasteiger partial charge in [-0.05, 0) is 119 Å². The topological polar surface area (TPSA) is 8.17 Å². The van der Waals surface area contributed by atoms with Crippen molar-refractivity contribution in [2.75, 3.05) is 4.90 Å². The fraction of sp³-hybridized carbons (Fsp3) is 0.0980. The summed E-state index contributed by atoms with van der Waals surface area (Å²) in [6.45, 7) is 9.18. The van der Waals surface area contributed by atoms with Crippen LogP contribution in [0.2, 0.25) is 0 Å². The molecule has 0 spiro atoms. The molecular weight excluding hydrogens is 641 g/mol. The molecule has 9 aromatic rings. The standard InChI is InChI=1S/C51H40N2/c1-33-19-27-47-43(29-33)44-30-34(2)20-28-48(44)53(47)39-25-26-42-45(31-39)51(3,4)46-32-49(40-17-11-12-18-41(40)50(42)46)52(37-15-9-6-10-16-37)38-23-21-36(22-24-38)35-13-7-5-8-14-35/h5-32H,1-4H3. The lowest BCUT2D eigenvalue weighted by molar-refractivity contribution is 0.660. The largest absolute Gasteiger partial charge is 0.310 e. The second kappa shape index (κ2) is 11.8. The Labute approximate surface area is 311 Å². The number of aryl methyl sites for hydroxylation is 2. The number of aromatic nitrogens is 1. The molecule has 1 aliphatic rings. The average Bonchev–Trinajstić information content (AvgIpc) is 3.62. The highest BCUT2D eigenvalue weighted by Crippen LogP contribution is 2.55. The molecule has 0 saturated carbocycles. The average molecular weight is 681 g/mol. The second-order valence-electron chi connectivity index (χ2n) is 15.2. The monoisotopic (exact) mass is 680 g/mol. The van der Waals surface area contributed by atoms with Crippen LogP contribution in [0, 0.1) is 13.8 Å². The van der Waals surface area contributed by atoms with Crippen LogP contribution in [0.5, 0.6) is 0 Å². The van der Waals surface area contributed by atoms with Crippen molar-refractivity contribution in [3.8, 4) is 27.9 Å². The van der Waals surface area contributed by atoms with Crippen LogP contribution in [-0.2, 0) is 5.41 Å². The number of nitrogens with zero attached hydrogens (tertiary/aromatic N) is 2. The number of hydrogen-bond donors (Lipinski definition) is 0. The predicted molar refractivity (Wildman–Crippen MR) is 225 cm³/mol. The van der Waals surface area contributed by atoms with Crippen molar-refractivity contribution in [1.82, 2.24) is 4.57 Å². The van der Waals surface area contributed by atoms with E-state index in [0.29, 0.717) is 0 Å². The molecule has 1 heterocycles. The van der Waals surface area contributed by atoms with Crippen molar-refractivity contribution in [2.45, 2.75) is 33.1 Å². The minimum atomic E-state index is -0.231. The first-order valence-electron chi connectivity index (χ1n) is 18.6. The van der Waals surface area contributed by atoms with E-state index in [1.165, 1.54) is 88.5 Å². The molecule has 2 heteroatoms. The van der Waals surface area contributed by atoms with E-state index in [-0.39, 0.29) is 5.41 Å². The molecule has 1 aliphatic carbocycles. The van der Waals surface area contributed by atoms with E-state index in [1.54, 1.807) is 0 Å². The molecule has 0 saturated heterocycles. The van der Waals surface area contributed by atoms with Gasteiger partial charge in [0.15, 0.2) is 0 Å². The third kappa shape index (κ3) is 4.86. The van der Waals surface area contributed by atoms with Crippen LogP contribution in [-0.4, -0.2) is 4.57 Å². The molecule has 2 nitrogen and oxygen atoms in total. The highest BCUT2D eigenvalue weighted by Gasteiger charge is 2.38. The molecular formula is C51H40N2. The van der Waals surface area contributed by atoms with Gasteiger partial charge in [0.2, 0.25) is 0 Å². The molecule has 0 bridgehead atoms. The summed E-state index contributed by atoms with van der Waals surface area (Å²) in [6.07, 6.45) is 0. The molecule has 0 N–H and O–H groups in total. The van der Waals surface area contributed by atoms with Gasteiger partial charge in [0.25, 0.3) is 0 Å². The Bertz CT molecular complexity index is 2800. The van der Waals surface area contributed by atoms with Gasteiger partial charge in [-0.2, -0.15) is 0 Å². The molecule has 0 fully saturated rings. The Balaban J connectivity index is 1.17. The lowest BCUT2D eigenvalue weighted by Crippen LogP contribution is -2.17. The van der Waals surface area contributed by atoms with E-state index < -0.39 is 0 Å². The van der Waals surface area contributed by atoms with Gasteiger partial charge in [-0.15, -0.1) is 0 Å². The summed E-state index contributed by atoms with van der Waals surface area (Å²) in [6, 6.07) is 62.8. The predicted octanol–water partition coefficient (Wildman–Crippen LogP) is 14.0. The number of benzene rings is 8. The zero-order valence-corrected chi connectivity index (χ0v) is 30.6. The van der Waals surface area contributed by atoms with Crippen molar-refractivity contribution >= 4 is 49.6 Å². The molecule has 254 valence electrons. The van der Waals surface area contributed by atoms with Crippen molar-refractivity contribution in [3.63, 3.8) is 0 Å². The first-order chi connectivity index (χ1) is 25.9. The maximum absolute atomic E-state index is 2.47. The highest BCUT2D eigenvalue weighted by molar-refractivity contribution is 6.11. The van der Waals surface area contributed by atoms with E-state index in [4.69, 9.17) is 0 Å². The third-order valence-corrected chi connectivity index (χ3v) is 11.5. The molecule has 0 unspecified atom stereocenters. The summed E-state index contributed by atoms with van der Waals surface area (Å²) in [5.74, 6) is 0. The van der Waals surface area contributed by atoms with Gasteiger partial charge < -0.3 is 9.47 Å². The Morgan fingerprint density at radius 1 is 0.453 bits per heavy atom. The van der Waals surface area contributed by atoms with Crippen LogP contribution in [0.3, 0.4) is 0 Å². The van der Waals surface area contributed by atoms with Gasteiger partial charge in [-0.3, -0.25) is 0 Å². The van der Waals surface area contributed by atoms with E-state index in [0.717, 1.165) is 11.4 Å². The Morgan fingerprint density at radius 2 is 1.02 bits per heavy atom. The number of rotatable bonds is 5. The van der Waals surface area contributed by atoms with Crippen LogP contribution < -0.4 is 4.90 Å². The van der Waals surface area contributed by atoms with Gasteiger partial charge in [0.1, 0.15) is 0 Å². The van der Waals surface area contributed by atoms with Gasteiger partial charge in [-0.1, -0.05) is 128 Å². The van der Waals surface area contributed by atoms with E-state index >= 15 is 0 Å².